The van der Waals surface area contributed by atoms with Gasteiger partial charge in [-0.3, -0.25) is 0 Å². The summed E-state index contributed by atoms with van der Waals surface area (Å²) in [6.07, 6.45) is 2.09. The summed E-state index contributed by atoms with van der Waals surface area (Å²) in [5.41, 5.74) is 28.0. The molecule has 0 fully saturated rings. The van der Waals surface area contributed by atoms with Crippen LogP contribution in [-0.2, 0) is 33.6 Å². The van der Waals surface area contributed by atoms with E-state index in [9.17, 15) is 0 Å². The Bertz CT molecular complexity index is 4160. The lowest BCUT2D eigenvalue weighted by molar-refractivity contribution is 0.245. The highest BCUT2D eigenvalue weighted by molar-refractivity contribution is 7.00. The second-order valence-corrected chi connectivity index (χ2v) is 27.3. The molecule has 0 saturated heterocycles. The summed E-state index contributed by atoms with van der Waals surface area (Å²) in [4.78, 5) is 8.14. The van der Waals surface area contributed by atoms with Crippen molar-refractivity contribution in [2.75, 3.05) is 14.7 Å². The fraction of sp³-hybridized carbons (Fsp3) is 0.231. The Labute approximate surface area is 488 Å². The molecule has 0 amide bonds. The number of aryl methyl sites for hydroxylation is 1. The van der Waals surface area contributed by atoms with Crippen molar-refractivity contribution in [2.24, 2.45) is 0 Å². The predicted octanol–water partition coefficient (Wildman–Crippen LogP) is 18.9. The highest BCUT2D eigenvalue weighted by Gasteiger charge is 2.60. The molecule has 1 aliphatic carbocycles. The Morgan fingerprint density at radius 1 is 0.366 bits per heavy atom. The van der Waals surface area contributed by atoms with E-state index in [4.69, 9.17) is 0 Å². The zero-order valence-corrected chi connectivity index (χ0v) is 49.7. The highest BCUT2D eigenvalue weighted by Crippen LogP contribution is 2.64. The number of para-hydroxylation sites is 1. The number of fused-ring (bicyclic) bond motifs is 9. The van der Waals surface area contributed by atoms with E-state index in [2.05, 4.69) is 315 Å². The SMILES string of the molecule is CC(C)(C)c1ccc2c(c1)B1c3ccc(-c4ccccc4)cc3N(c3ccc(C(C)(C)C)cc3-c3ccccc3)c3cc(N4c5ccccc5C5(C)CCc6ccccc6C45C)cc(c31)N2c1ccc(C(C)(C)C)cc1-c1ccccc1. The quantitative estimate of drug-likeness (QED) is 0.154. The van der Waals surface area contributed by atoms with Gasteiger partial charge < -0.3 is 14.7 Å². The van der Waals surface area contributed by atoms with E-state index in [1.165, 1.54) is 123 Å². The van der Waals surface area contributed by atoms with E-state index in [-0.39, 0.29) is 28.4 Å². The maximum absolute atomic E-state index is 2.78. The van der Waals surface area contributed by atoms with Crippen LogP contribution in [0.1, 0.15) is 116 Å². The molecule has 3 nitrogen and oxygen atoms in total. The molecule has 3 heterocycles. The summed E-state index contributed by atoms with van der Waals surface area (Å²) < 4.78 is 0. The Hall–Kier alpha value is -8.34. The van der Waals surface area contributed by atoms with Crippen LogP contribution in [0.5, 0.6) is 0 Å². The number of rotatable bonds is 6. The Kier molecular flexibility index (Phi) is 11.7. The minimum absolute atomic E-state index is 0.0724. The van der Waals surface area contributed by atoms with Crippen LogP contribution in [0.25, 0.3) is 33.4 Å². The molecule has 10 aromatic rings. The fourth-order valence-electron chi connectivity index (χ4n) is 14.7. The van der Waals surface area contributed by atoms with Gasteiger partial charge in [0, 0.05) is 50.7 Å². The summed E-state index contributed by atoms with van der Waals surface area (Å²) in [6, 6.07) is 86.6. The third-order valence-corrected chi connectivity index (χ3v) is 19.4. The number of benzene rings is 10. The number of hydrogen-bond donors (Lipinski definition) is 0. The number of hydrogen-bond acceptors (Lipinski definition) is 3. The average molecular weight is 1060 g/mol. The summed E-state index contributed by atoms with van der Waals surface area (Å²) in [5, 5.41) is 0. The lowest BCUT2D eigenvalue weighted by Gasteiger charge is -2.52. The topological polar surface area (TPSA) is 9.72 Å². The molecule has 3 aliphatic heterocycles. The smallest absolute Gasteiger partial charge is 0.252 e. The molecule has 14 rings (SSSR count). The second-order valence-electron chi connectivity index (χ2n) is 27.3. The van der Waals surface area contributed by atoms with Gasteiger partial charge in [-0.05, 0) is 163 Å². The maximum Gasteiger partial charge on any atom is 0.252 e. The molecular formula is C78H74BN3. The van der Waals surface area contributed by atoms with Crippen LogP contribution in [0.3, 0.4) is 0 Å². The Balaban J connectivity index is 1.17. The van der Waals surface area contributed by atoms with Gasteiger partial charge in [-0.1, -0.05) is 239 Å². The molecule has 0 spiro atoms. The third-order valence-electron chi connectivity index (χ3n) is 19.4. The molecule has 0 N–H and O–H groups in total. The number of nitrogens with zero attached hydrogens (tertiary/aromatic N) is 3. The van der Waals surface area contributed by atoms with E-state index in [0.717, 1.165) is 18.5 Å². The second kappa shape index (κ2) is 18.6. The average Bonchev–Trinajstić information content (AvgIpc) is 3.60. The lowest BCUT2D eigenvalue weighted by atomic mass is 9.33. The van der Waals surface area contributed by atoms with Gasteiger partial charge in [-0.15, -0.1) is 0 Å². The third kappa shape index (κ3) is 7.91. The van der Waals surface area contributed by atoms with Crippen molar-refractivity contribution < 1.29 is 0 Å². The van der Waals surface area contributed by atoms with Crippen molar-refractivity contribution in [1.82, 2.24) is 0 Å². The molecule has 2 unspecified atom stereocenters. The molecule has 4 heteroatoms. The monoisotopic (exact) mass is 1060 g/mol. The zero-order chi connectivity index (χ0) is 56.7. The van der Waals surface area contributed by atoms with Crippen molar-refractivity contribution in [2.45, 2.75) is 116 Å². The van der Waals surface area contributed by atoms with Crippen LogP contribution in [-0.4, -0.2) is 6.71 Å². The largest absolute Gasteiger partial charge is 0.330 e. The van der Waals surface area contributed by atoms with Gasteiger partial charge in [0.15, 0.2) is 0 Å². The van der Waals surface area contributed by atoms with Crippen LogP contribution in [0, 0.1) is 0 Å². The minimum Gasteiger partial charge on any atom is -0.330 e. The van der Waals surface area contributed by atoms with Crippen LogP contribution >= 0.6 is 0 Å². The Morgan fingerprint density at radius 3 is 1.40 bits per heavy atom. The predicted molar refractivity (Wildman–Crippen MR) is 351 cm³/mol. The molecule has 404 valence electrons. The first-order valence-electron chi connectivity index (χ1n) is 29.8. The first-order valence-corrected chi connectivity index (χ1v) is 29.8. The summed E-state index contributed by atoms with van der Waals surface area (Å²) in [7, 11) is 0. The molecule has 4 aliphatic rings. The van der Waals surface area contributed by atoms with Crippen molar-refractivity contribution in [1.29, 1.82) is 0 Å². The molecule has 0 bridgehead atoms. The minimum atomic E-state index is -0.435. The lowest BCUT2D eigenvalue weighted by Crippen LogP contribution is -2.61. The van der Waals surface area contributed by atoms with E-state index in [0.29, 0.717) is 0 Å². The number of anilines is 8. The van der Waals surface area contributed by atoms with E-state index < -0.39 is 5.54 Å². The van der Waals surface area contributed by atoms with Crippen LogP contribution < -0.4 is 31.1 Å². The Morgan fingerprint density at radius 2 is 0.841 bits per heavy atom. The van der Waals surface area contributed by atoms with Gasteiger partial charge in [0.2, 0.25) is 0 Å². The van der Waals surface area contributed by atoms with Gasteiger partial charge in [0.25, 0.3) is 6.71 Å². The summed E-state index contributed by atoms with van der Waals surface area (Å²) in [5.74, 6) is 0. The summed E-state index contributed by atoms with van der Waals surface area (Å²) in [6.45, 7) is 26.1. The van der Waals surface area contributed by atoms with Gasteiger partial charge in [0.05, 0.1) is 16.9 Å². The van der Waals surface area contributed by atoms with Crippen LogP contribution in [0.15, 0.2) is 224 Å². The van der Waals surface area contributed by atoms with Gasteiger partial charge >= 0.3 is 0 Å². The summed E-state index contributed by atoms with van der Waals surface area (Å²) >= 11 is 0. The van der Waals surface area contributed by atoms with Crippen molar-refractivity contribution >= 4 is 68.6 Å². The van der Waals surface area contributed by atoms with Crippen molar-refractivity contribution in [3.05, 3.63) is 258 Å². The molecule has 10 aromatic carbocycles. The standard InChI is InChI=1S/C78H74BN3/c1-74(2,3)56-36-40-66(60(46-56)52-27-17-13-18-28-52)80-69-42-38-58(76(7,8)9)48-65(69)79-64-39-35-55(51-25-15-12-16-26-51)45-70(64)81(67-41-37-57(75(4,5)6)47-61(67)53-29-19-14-20-30-53)72-50-59(49-71(80)73(72)79)82-68-34-24-23-33-63(68)77(10)44-43-54-31-21-22-32-62(54)78(77,82)11/h12-42,45-50H,43-44H2,1-11H3. The molecule has 82 heavy (non-hydrogen) atoms. The van der Waals surface area contributed by atoms with E-state index >= 15 is 0 Å². The van der Waals surface area contributed by atoms with Gasteiger partial charge in [-0.2, -0.15) is 0 Å². The molecule has 0 aromatic heterocycles. The maximum atomic E-state index is 2.78. The van der Waals surface area contributed by atoms with Crippen LogP contribution in [0.4, 0.5) is 45.5 Å². The first-order chi connectivity index (χ1) is 39.3. The van der Waals surface area contributed by atoms with Gasteiger partial charge in [-0.25, -0.2) is 0 Å². The van der Waals surface area contributed by atoms with Gasteiger partial charge in [0.1, 0.15) is 0 Å². The molecule has 0 radical (unpaired) electrons. The molecule has 0 saturated carbocycles. The van der Waals surface area contributed by atoms with E-state index in [1.54, 1.807) is 0 Å². The fourth-order valence-corrected chi connectivity index (χ4v) is 14.7. The van der Waals surface area contributed by atoms with Crippen LogP contribution in [0.2, 0.25) is 0 Å². The molecule has 2 atom stereocenters. The zero-order valence-electron chi connectivity index (χ0n) is 49.7. The van der Waals surface area contributed by atoms with E-state index in [1.807, 2.05) is 0 Å². The first kappa shape index (κ1) is 51.8. The normalized spacial score (nSPS) is 17.8. The van der Waals surface area contributed by atoms with Crippen molar-refractivity contribution in [3.8, 4) is 33.4 Å². The van der Waals surface area contributed by atoms with Crippen molar-refractivity contribution in [3.63, 3.8) is 0 Å². The molecular weight excluding hydrogens is 990 g/mol. The highest BCUT2D eigenvalue weighted by atomic mass is 15.3.